The Balaban J connectivity index is 1.57. The highest BCUT2D eigenvalue weighted by atomic mass is 32.2. The van der Waals surface area contributed by atoms with E-state index in [1.165, 1.54) is 27.2 Å². The number of thioether (sulfide) groups is 1. The van der Waals surface area contributed by atoms with E-state index < -0.39 is 0 Å². The predicted molar refractivity (Wildman–Crippen MR) is 126 cm³/mol. The summed E-state index contributed by atoms with van der Waals surface area (Å²) >= 11 is 1.48. The molecule has 4 aromatic rings. The van der Waals surface area contributed by atoms with Gasteiger partial charge < -0.3 is 4.57 Å². The first-order valence-corrected chi connectivity index (χ1v) is 11.7. The van der Waals surface area contributed by atoms with E-state index in [2.05, 4.69) is 11.9 Å². The maximum atomic E-state index is 13.0. The molecule has 0 fully saturated rings. The molecule has 0 aliphatic rings. The summed E-state index contributed by atoms with van der Waals surface area (Å²) < 4.78 is 6.02. The highest BCUT2D eigenvalue weighted by Crippen LogP contribution is 2.19. The number of fused-ring (bicyclic) bond motifs is 2. The standard InChI is InChI=1S/C22H26N6O3S/c1-4-5-11-27-19(29)15-9-6-7-10-16(15)24-21(27)32-13-8-12-28-20(30)17-18(23-14-25(17)2)26(3)22(28)31/h6-7,9-10,14H,4-5,8,11-13H2,1-3H3. The van der Waals surface area contributed by atoms with Crippen LogP contribution in [0.5, 0.6) is 0 Å². The van der Waals surface area contributed by atoms with Crippen LogP contribution in [0.15, 0.2) is 50.1 Å². The molecule has 9 nitrogen and oxygen atoms in total. The molecule has 32 heavy (non-hydrogen) atoms. The average Bonchev–Trinajstić information content (AvgIpc) is 3.18. The Labute approximate surface area is 188 Å². The summed E-state index contributed by atoms with van der Waals surface area (Å²) in [6.45, 7) is 2.99. The van der Waals surface area contributed by atoms with Crippen molar-refractivity contribution in [2.75, 3.05) is 5.75 Å². The van der Waals surface area contributed by atoms with Crippen molar-refractivity contribution < 1.29 is 0 Å². The number of hydrogen-bond donors (Lipinski definition) is 0. The molecular weight excluding hydrogens is 428 g/mol. The quantitative estimate of drug-likeness (QED) is 0.230. The monoisotopic (exact) mass is 454 g/mol. The van der Waals surface area contributed by atoms with Gasteiger partial charge >= 0.3 is 5.69 Å². The minimum Gasteiger partial charge on any atom is -0.328 e. The van der Waals surface area contributed by atoms with Crippen LogP contribution in [0.2, 0.25) is 0 Å². The molecule has 0 bridgehead atoms. The average molecular weight is 455 g/mol. The zero-order valence-corrected chi connectivity index (χ0v) is 19.3. The Bertz CT molecular complexity index is 1460. The Hall–Kier alpha value is -3.14. The van der Waals surface area contributed by atoms with Crippen molar-refractivity contribution in [1.82, 2.24) is 28.2 Å². The van der Waals surface area contributed by atoms with Crippen molar-refractivity contribution in [1.29, 1.82) is 0 Å². The summed E-state index contributed by atoms with van der Waals surface area (Å²) in [4.78, 5) is 47.3. The third-order valence-electron chi connectivity index (χ3n) is 5.52. The largest absolute Gasteiger partial charge is 0.332 e. The zero-order valence-electron chi connectivity index (χ0n) is 18.4. The fraction of sp³-hybridized carbons (Fsp3) is 0.409. The topological polar surface area (TPSA) is 96.7 Å². The lowest BCUT2D eigenvalue weighted by atomic mass is 10.2. The van der Waals surface area contributed by atoms with E-state index in [9.17, 15) is 14.4 Å². The van der Waals surface area contributed by atoms with Gasteiger partial charge in [-0.3, -0.25) is 23.3 Å². The van der Waals surface area contributed by atoms with Gasteiger partial charge in [0, 0.05) is 32.9 Å². The number of aromatic nitrogens is 6. The van der Waals surface area contributed by atoms with Gasteiger partial charge in [-0.1, -0.05) is 37.2 Å². The van der Waals surface area contributed by atoms with E-state index >= 15 is 0 Å². The van der Waals surface area contributed by atoms with Crippen LogP contribution in [-0.4, -0.2) is 34.0 Å². The van der Waals surface area contributed by atoms with E-state index in [-0.39, 0.29) is 23.4 Å². The minimum absolute atomic E-state index is 0.0294. The minimum atomic E-state index is -0.380. The van der Waals surface area contributed by atoms with Gasteiger partial charge in [0.05, 0.1) is 17.2 Å². The normalized spacial score (nSPS) is 11.6. The van der Waals surface area contributed by atoms with Crippen LogP contribution in [0, 0.1) is 0 Å². The van der Waals surface area contributed by atoms with Crippen molar-refractivity contribution in [3.63, 3.8) is 0 Å². The van der Waals surface area contributed by atoms with Gasteiger partial charge in [-0.05, 0) is 25.0 Å². The van der Waals surface area contributed by atoms with Crippen molar-refractivity contribution in [3.05, 3.63) is 61.8 Å². The number of imidazole rings is 1. The van der Waals surface area contributed by atoms with Gasteiger partial charge in [0.1, 0.15) is 0 Å². The molecule has 0 saturated heterocycles. The first-order valence-electron chi connectivity index (χ1n) is 10.7. The van der Waals surface area contributed by atoms with Crippen LogP contribution in [-0.2, 0) is 27.2 Å². The van der Waals surface area contributed by atoms with E-state index in [0.717, 1.165) is 12.8 Å². The number of benzene rings is 1. The van der Waals surface area contributed by atoms with Gasteiger partial charge in [0.25, 0.3) is 11.1 Å². The van der Waals surface area contributed by atoms with E-state index in [4.69, 9.17) is 4.98 Å². The fourth-order valence-electron chi connectivity index (χ4n) is 3.75. The number of nitrogens with zero attached hydrogens (tertiary/aromatic N) is 6. The number of aryl methyl sites for hydroxylation is 2. The molecule has 3 aromatic heterocycles. The van der Waals surface area contributed by atoms with Crippen molar-refractivity contribution in [2.45, 2.75) is 44.4 Å². The molecule has 4 rings (SSSR count). The summed E-state index contributed by atoms with van der Waals surface area (Å²) in [5.74, 6) is 0.621. The first-order chi connectivity index (χ1) is 15.4. The van der Waals surface area contributed by atoms with Crippen molar-refractivity contribution in [3.8, 4) is 0 Å². The summed E-state index contributed by atoms with van der Waals surface area (Å²) in [5.41, 5.74) is 0.724. The van der Waals surface area contributed by atoms with Gasteiger partial charge in [-0.15, -0.1) is 0 Å². The Kier molecular flexibility index (Phi) is 6.31. The molecule has 0 aliphatic heterocycles. The third-order valence-corrected chi connectivity index (χ3v) is 6.58. The van der Waals surface area contributed by atoms with Crippen LogP contribution in [0.4, 0.5) is 0 Å². The van der Waals surface area contributed by atoms with Gasteiger partial charge in [-0.2, -0.15) is 0 Å². The van der Waals surface area contributed by atoms with Crippen molar-refractivity contribution in [2.24, 2.45) is 14.1 Å². The van der Waals surface area contributed by atoms with Crippen LogP contribution in [0.25, 0.3) is 22.1 Å². The van der Waals surface area contributed by atoms with Gasteiger partial charge in [0.2, 0.25) is 0 Å². The van der Waals surface area contributed by atoms with Crippen LogP contribution in [0.3, 0.4) is 0 Å². The molecule has 0 unspecified atom stereocenters. The van der Waals surface area contributed by atoms with Crippen molar-refractivity contribution >= 4 is 33.8 Å². The molecule has 168 valence electrons. The molecule has 0 saturated carbocycles. The van der Waals surface area contributed by atoms with Crippen LogP contribution in [0.1, 0.15) is 26.2 Å². The molecule has 10 heteroatoms. The van der Waals surface area contributed by atoms with E-state index in [1.807, 2.05) is 18.2 Å². The summed E-state index contributed by atoms with van der Waals surface area (Å²) in [6.07, 6.45) is 3.99. The second kappa shape index (κ2) is 9.15. The lowest BCUT2D eigenvalue weighted by molar-refractivity contribution is 0.556. The lowest BCUT2D eigenvalue weighted by Gasteiger charge is -2.13. The smallest absolute Gasteiger partial charge is 0.328 e. The summed E-state index contributed by atoms with van der Waals surface area (Å²) in [6, 6.07) is 7.37. The Morgan fingerprint density at radius 2 is 1.72 bits per heavy atom. The van der Waals surface area contributed by atoms with Gasteiger partial charge in [-0.25, -0.2) is 14.8 Å². The van der Waals surface area contributed by atoms with Crippen LogP contribution >= 0.6 is 11.8 Å². The molecule has 1 aromatic carbocycles. The predicted octanol–water partition coefficient (Wildman–Crippen LogP) is 2.13. The molecule has 3 heterocycles. The molecule has 0 spiro atoms. The number of hydrogen-bond acceptors (Lipinski definition) is 6. The highest BCUT2D eigenvalue weighted by Gasteiger charge is 2.15. The summed E-state index contributed by atoms with van der Waals surface area (Å²) in [5, 5.41) is 1.29. The lowest BCUT2D eigenvalue weighted by Crippen LogP contribution is -2.39. The molecule has 0 amide bonds. The van der Waals surface area contributed by atoms with Gasteiger partial charge in [0.15, 0.2) is 16.3 Å². The second-order valence-corrected chi connectivity index (χ2v) is 8.81. The molecule has 0 radical (unpaired) electrons. The number of para-hydroxylation sites is 1. The second-order valence-electron chi connectivity index (χ2n) is 7.75. The molecule has 0 atom stereocenters. The molecule has 0 aliphatic carbocycles. The zero-order chi connectivity index (χ0) is 22.8. The highest BCUT2D eigenvalue weighted by molar-refractivity contribution is 7.99. The molecular formula is C22H26N6O3S. The Morgan fingerprint density at radius 3 is 2.50 bits per heavy atom. The van der Waals surface area contributed by atoms with Crippen LogP contribution < -0.4 is 16.8 Å². The fourth-order valence-corrected chi connectivity index (χ4v) is 4.70. The first kappa shape index (κ1) is 22.1. The summed E-state index contributed by atoms with van der Waals surface area (Å²) in [7, 11) is 3.36. The van der Waals surface area contributed by atoms with E-state index in [1.54, 1.807) is 29.3 Å². The third kappa shape index (κ3) is 3.90. The number of rotatable bonds is 8. The maximum absolute atomic E-state index is 13.0. The van der Waals surface area contributed by atoms with E-state index in [0.29, 0.717) is 45.9 Å². The maximum Gasteiger partial charge on any atom is 0.332 e. The SMILES string of the molecule is CCCCn1c(SCCCn2c(=O)c3c(ncn3C)n(C)c2=O)nc2ccccc2c1=O. The molecule has 0 N–H and O–H groups in total. The Morgan fingerprint density at radius 1 is 0.969 bits per heavy atom. The number of unbranched alkanes of at least 4 members (excludes halogenated alkanes) is 1.